The molecular formula is C9H10FN. The van der Waals surface area contributed by atoms with Gasteiger partial charge in [-0.2, -0.15) is 0 Å². The van der Waals surface area contributed by atoms with E-state index in [1.807, 2.05) is 0 Å². The highest BCUT2D eigenvalue weighted by molar-refractivity contribution is 5.47. The van der Waals surface area contributed by atoms with Crippen LogP contribution in [0.5, 0.6) is 0 Å². The Morgan fingerprint density at radius 3 is 2.55 bits per heavy atom. The number of anilines is 1. The zero-order valence-electron chi connectivity index (χ0n) is 6.23. The lowest BCUT2D eigenvalue weighted by atomic mass is 10.1. The number of nitrogen functional groups attached to an aromatic ring is 1. The summed E-state index contributed by atoms with van der Waals surface area (Å²) in [4.78, 5) is 0. The Morgan fingerprint density at radius 1 is 1.18 bits per heavy atom. The van der Waals surface area contributed by atoms with Gasteiger partial charge in [-0.1, -0.05) is 0 Å². The molecule has 1 aliphatic rings. The fourth-order valence-electron chi connectivity index (χ4n) is 1.61. The van der Waals surface area contributed by atoms with E-state index >= 15 is 0 Å². The van der Waals surface area contributed by atoms with Gasteiger partial charge in [0.1, 0.15) is 5.82 Å². The van der Waals surface area contributed by atoms with E-state index in [1.54, 1.807) is 12.1 Å². The standard InChI is InChI=1S/C9H10FN/c10-8-4-6-2-1-3-7(6)5-9(8)11/h4-5H,1-3,11H2. The summed E-state index contributed by atoms with van der Waals surface area (Å²) in [5.41, 5.74) is 8.06. The van der Waals surface area contributed by atoms with Gasteiger partial charge in [-0.15, -0.1) is 0 Å². The molecule has 0 spiro atoms. The third-order valence-electron chi connectivity index (χ3n) is 2.21. The minimum absolute atomic E-state index is 0.273. The summed E-state index contributed by atoms with van der Waals surface area (Å²) in [5, 5.41) is 0. The molecule has 58 valence electrons. The van der Waals surface area contributed by atoms with Crippen LogP contribution in [0.3, 0.4) is 0 Å². The summed E-state index contributed by atoms with van der Waals surface area (Å²) in [6, 6.07) is 3.33. The maximum atomic E-state index is 12.8. The van der Waals surface area contributed by atoms with E-state index in [0.717, 1.165) is 24.8 Å². The van der Waals surface area contributed by atoms with E-state index in [-0.39, 0.29) is 11.5 Å². The second-order valence-electron chi connectivity index (χ2n) is 3.00. The van der Waals surface area contributed by atoms with Crippen LogP contribution in [-0.2, 0) is 12.8 Å². The Bertz CT molecular complexity index is 265. The first-order valence-corrected chi connectivity index (χ1v) is 3.84. The normalized spacial score (nSPS) is 15.0. The van der Waals surface area contributed by atoms with Gasteiger partial charge >= 0.3 is 0 Å². The fraction of sp³-hybridized carbons (Fsp3) is 0.333. The van der Waals surface area contributed by atoms with Crippen LogP contribution in [0.4, 0.5) is 10.1 Å². The van der Waals surface area contributed by atoms with E-state index in [4.69, 9.17) is 5.73 Å². The van der Waals surface area contributed by atoms with Gasteiger partial charge < -0.3 is 5.73 Å². The molecular weight excluding hydrogens is 141 g/mol. The molecule has 0 aromatic heterocycles. The van der Waals surface area contributed by atoms with E-state index in [2.05, 4.69) is 0 Å². The largest absolute Gasteiger partial charge is 0.396 e. The maximum absolute atomic E-state index is 12.8. The molecule has 2 heteroatoms. The van der Waals surface area contributed by atoms with Crippen LogP contribution in [0.1, 0.15) is 17.5 Å². The number of hydrogen-bond acceptors (Lipinski definition) is 1. The summed E-state index contributed by atoms with van der Waals surface area (Å²) in [6.07, 6.45) is 3.20. The van der Waals surface area contributed by atoms with E-state index in [0.29, 0.717) is 0 Å². The third kappa shape index (κ3) is 0.985. The van der Waals surface area contributed by atoms with Crippen molar-refractivity contribution in [3.05, 3.63) is 29.1 Å². The van der Waals surface area contributed by atoms with E-state index < -0.39 is 0 Å². The molecule has 1 aromatic carbocycles. The number of rotatable bonds is 0. The van der Waals surface area contributed by atoms with Crippen molar-refractivity contribution in [1.82, 2.24) is 0 Å². The SMILES string of the molecule is Nc1cc2c(cc1F)CCC2. The zero-order chi connectivity index (χ0) is 7.84. The first kappa shape index (κ1) is 6.65. The highest BCUT2D eigenvalue weighted by Gasteiger charge is 2.12. The number of hydrogen-bond donors (Lipinski definition) is 1. The zero-order valence-corrected chi connectivity index (χ0v) is 6.23. The molecule has 0 amide bonds. The molecule has 2 rings (SSSR count). The molecule has 1 aliphatic carbocycles. The Morgan fingerprint density at radius 2 is 1.82 bits per heavy atom. The van der Waals surface area contributed by atoms with Gasteiger partial charge in [0.25, 0.3) is 0 Å². The van der Waals surface area contributed by atoms with Crippen molar-refractivity contribution >= 4 is 5.69 Å². The lowest BCUT2D eigenvalue weighted by Gasteiger charge is -2.01. The van der Waals surface area contributed by atoms with Crippen LogP contribution in [0.15, 0.2) is 12.1 Å². The lowest BCUT2D eigenvalue weighted by molar-refractivity contribution is 0.630. The van der Waals surface area contributed by atoms with Gasteiger partial charge in [0.05, 0.1) is 5.69 Å². The number of aryl methyl sites for hydroxylation is 2. The molecule has 0 radical (unpaired) electrons. The van der Waals surface area contributed by atoms with Crippen LogP contribution >= 0.6 is 0 Å². The van der Waals surface area contributed by atoms with Gasteiger partial charge in [-0.05, 0) is 42.5 Å². The van der Waals surface area contributed by atoms with Crippen molar-refractivity contribution in [2.75, 3.05) is 5.73 Å². The lowest BCUT2D eigenvalue weighted by Crippen LogP contribution is -1.93. The summed E-state index contributed by atoms with van der Waals surface area (Å²) < 4.78 is 12.8. The number of fused-ring (bicyclic) bond motifs is 1. The summed E-state index contributed by atoms with van der Waals surface area (Å²) in [7, 11) is 0. The molecule has 1 nitrogen and oxygen atoms in total. The highest BCUT2D eigenvalue weighted by atomic mass is 19.1. The van der Waals surface area contributed by atoms with Crippen LogP contribution < -0.4 is 5.73 Å². The van der Waals surface area contributed by atoms with Gasteiger partial charge in [0, 0.05) is 0 Å². The summed E-state index contributed by atoms with van der Waals surface area (Å²) in [5.74, 6) is -0.273. The Balaban J connectivity index is 2.57. The number of halogens is 1. The maximum Gasteiger partial charge on any atom is 0.146 e. The van der Waals surface area contributed by atoms with Crippen molar-refractivity contribution in [3.8, 4) is 0 Å². The van der Waals surface area contributed by atoms with Crippen molar-refractivity contribution in [3.63, 3.8) is 0 Å². The van der Waals surface area contributed by atoms with Crippen molar-refractivity contribution in [2.24, 2.45) is 0 Å². The molecule has 0 unspecified atom stereocenters. The third-order valence-corrected chi connectivity index (χ3v) is 2.21. The minimum Gasteiger partial charge on any atom is -0.396 e. The molecule has 1 aromatic rings. The second-order valence-corrected chi connectivity index (χ2v) is 3.00. The van der Waals surface area contributed by atoms with Gasteiger partial charge in [-0.25, -0.2) is 4.39 Å². The second kappa shape index (κ2) is 2.22. The smallest absolute Gasteiger partial charge is 0.146 e. The number of benzene rings is 1. The molecule has 0 bridgehead atoms. The van der Waals surface area contributed by atoms with Crippen LogP contribution in [0.2, 0.25) is 0 Å². The van der Waals surface area contributed by atoms with Crippen LogP contribution in [-0.4, -0.2) is 0 Å². The molecule has 0 heterocycles. The molecule has 0 aliphatic heterocycles. The van der Waals surface area contributed by atoms with Crippen molar-refractivity contribution in [2.45, 2.75) is 19.3 Å². The molecule has 0 fully saturated rings. The minimum atomic E-state index is -0.273. The van der Waals surface area contributed by atoms with E-state index in [1.165, 1.54) is 5.56 Å². The van der Waals surface area contributed by atoms with E-state index in [9.17, 15) is 4.39 Å². The monoisotopic (exact) mass is 151 g/mol. The first-order chi connectivity index (χ1) is 5.27. The molecule has 0 saturated carbocycles. The van der Waals surface area contributed by atoms with Crippen LogP contribution in [0, 0.1) is 5.82 Å². The Hall–Kier alpha value is -1.05. The predicted molar refractivity (Wildman–Crippen MR) is 42.8 cm³/mol. The molecule has 0 saturated heterocycles. The molecule has 0 atom stereocenters. The Kier molecular flexibility index (Phi) is 1.34. The first-order valence-electron chi connectivity index (χ1n) is 3.84. The molecule has 11 heavy (non-hydrogen) atoms. The topological polar surface area (TPSA) is 26.0 Å². The van der Waals surface area contributed by atoms with Crippen molar-refractivity contribution in [1.29, 1.82) is 0 Å². The quantitative estimate of drug-likeness (QED) is 0.563. The Labute approximate surface area is 65.0 Å². The average Bonchev–Trinajstić information content (AvgIpc) is 2.36. The average molecular weight is 151 g/mol. The summed E-state index contributed by atoms with van der Waals surface area (Å²) >= 11 is 0. The van der Waals surface area contributed by atoms with Gasteiger partial charge in [0.15, 0.2) is 0 Å². The van der Waals surface area contributed by atoms with Crippen molar-refractivity contribution < 1.29 is 4.39 Å². The number of nitrogens with two attached hydrogens (primary N) is 1. The highest BCUT2D eigenvalue weighted by Crippen LogP contribution is 2.25. The fourth-order valence-corrected chi connectivity index (χ4v) is 1.61. The summed E-state index contributed by atoms with van der Waals surface area (Å²) in [6.45, 7) is 0. The van der Waals surface area contributed by atoms with Gasteiger partial charge in [-0.3, -0.25) is 0 Å². The molecule has 2 N–H and O–H groups in total. The predicted octanol–water partition coefficient (Wildman–Crippen LogP) is 1.90. The van der Waals surface area contributed by atoms with Gasteiger partial charge in [0.2, 0.25) is 0 Å². The van der Waals surface area contributed by atoms with Crippen LogP contribution in [0.25, 0.3) is 0 Å².